The fourth-order valence-electron chi connectivity index (χ4n) is 1.96. The van der Waals surface area contributed by atoms with Crippen LogP contribution < -0.4 is 5.73 Å². The van der Waals surface area contributed by atoms with E-state index in [1.165, 1.54) is 6.07 Å². The van der Waals surface area contributed by atoms with Gasteiger partial charge in [0, 0.05) is 10.0 Å². The second kappa shape index (κ2) is 6.50. The van der Waals surface area contributed by atoms with Crippen molar-refractivity contribution >= 4 is 15.9 Å². The van der Waals surface area contributed by atoms with E-state index in [2.05, 4.69) is 29.8 Å². The van der Waals surface area contributed by atoms with E-state index >= 15 is 0 Å². The van der Waals surface area contributed by atoms with Gasteiger partial charge < -0.3 is 5.73 Å². The van der Waals surface area contributed by atoms with Crippen molar-refractivity contribution in [2.45, 2.75) is 51.5 Å². The molecule has 0 bridgehead atoms. The number of rotatable bonds is 6. The molecule has 0 radical (unpaired) electrons. The van der Waals surface area contributed by atoms with Gasteiger partial charge in [-0.05, 0) is 37.0 Å². The minimum atomic E-state index is -0.273. The SMILES string of the molecule is CCCCC(N)(CC)Cc1ccc(Br)cc1F. The molecule has 1 rings (SSSR count). The van der Waals surface area contributed by atoms with E-state index in [1.807, 2.05) is 12.1 Å². The lowest BCUT2D eigenvalue weighted by Gasteiger charge is -2.28. The normalized spacial score (nSPS) is 14.6. The molecule has 1 aromatic carbocycles. The molecule has 1 aromatic rings. The molecule has 0 heterocycles. The smallest absolute Gasteiger partial charge is 0.127 e. The summed E-state index contributed by atoms with van der Waals surface area (Å²) < 4.78 is 14.5. The first-order valence-electron chi connectivity index (χ1n) is 6.23. The van der Waals surface area contributed by atoms with Crippen molar-refractivity contribution in [2.75, 3.05) is 0 Å². The van der Waals surface area contributed by atoms with Crippen LogP contribution in [-0.2, 0) is 6.42 Å². The Morgan fingerprint density at radius 2 is 2.06 bits per heavy atom. The van der Waals surface area contributed by atoms with Crippen LogP contribution >= 0.6 is 15.9 Å². The third kappa shape index (κ3) is 4.40. The zero-order valence-electron chi connectivity index (χ0n) is 10.6. The third-order valence-electron chi connectivity index (χ3n) is 3.29. The Kier molecular flexibility index (Phi) is 5.60. The monoisotopic (exact) mass is 301 g/mol. The molecule has 0 aliphatic heterocycles. The number of hydrogen-bond donors (Lipinski definition) is 1. The van der Waals surface area contributed by atoms with Crippen molar-refractivity contribution in [3.05, 3.63) is 34.1 Å². The van der Waals surface area contributed by atoms with Crippen molar-refractivity contribution in [1.29, 1.82) is 0 Å². The molecule has 17 heavy (non-hydrogen) atoms. The lowest BCUT2D eigenvalue weighted by atomic mass is 9.84. The lowest BCUT2D eigenvalue weighted by molar-refractivity contribution is 0.360. The zero-order chi connectivity index (χ0) is 12.9. The van der Waals surface area contributed by atoms with Crippen LogP contribution in [0.3, 0.4) is 0 Å². The molecule has 0 aliphatic carbocycles. The number of halogens is 2. The summed E-state index contributed by atoms with van der Waals surface area (Å²) in [5, 5.41) is 0. The van der Waals surface area contributed by atoms with E-state index in [9.17, 15) is 4.39 Å². The van der Waals surface area contributed by atoms with Gasteiger partial charge in [-0.3, -0.25) is 0 Å². The number of unbranched alkanes of at least 4 members (excludes halogenated alkanes) is 1. The van der Waals surface area contributed by atoms with Gasteiger partial charge in [0.1, 0.15) is 5.82 Å². The van der Waals surface area contributed by atoms with Crippen LogP contribution in [0.4, 0.5) is 4.39 Å². The molecular formula is C14H21BrFN. The molecule has 0 spiro atoms. The van der Waals surface area contributed by atoms with Gasteiger partial charge >= 0.3 is 0 Å². The van der Waals surface area contributed by atoms with Gasteiger partial charge in [0.15, 0.2) is 0 Å². The molecule has 0 fully saturated rings. The largest absolute Gasteiger partial charge is 0.325 e. The van der Waals surface area contributed by atoms with Crippen LogP contribution in [0.15, 0.2) is 22.7 Å². The first kappa shape index (κ1) is 14.7. The van der Waals surface area contributed by atoms with Crippen molar-refractivity contribution in [1.82, 2.24) is 0 Å². The zero-order valence-corrected chi connectivity index (χ0v) is 12.2. The van der Waals surface area contributed by atoms with Crippen LogP contribution in [0, 0.1) is 5.82 Å². The summed E-state index contributed by atoms with van der Waals surface area (Å²) in [5.41, 5.74) is 6.79. The van der Waals surface area contributed by atoms with E-state index in [1.54, 1.807) is 0 Å². The van der Waals surface area contributed by atoms with Gasteiger partial charge in [-0.1, -0.05) is 48.7 Å². The Bertz CT molecular complexity index is 367. The van der Waals surface area contributed by atoms with Gasteiger partial charge in [0.05, 0.1) is 0 Å². The van der Waals surface area contributed by atoms with Crippen LogP contribution in [0.25, 0.3) is 0 Å². The van der Waals surface area contributed by atoms with E-state index < -0.39 is 0 Å². The summed E-state index contributed by atoms with van der Waals surface area (Å²) in [4.78, 5) is 0. The van der Waals surface area contributed by atoms with Gasteiger partial charge in [0.25, 0.3) is 0 Å². The Labute approximate surface area is 112 Å². The maximum atomic E-state index is 13.8. The van der Waals surface area contributed by atoms with Crippen LogP contribution in [-0.4, -0.2) is 5.54 Å². The van der Waals surface area contributed by atoms with E-state index in [-0.39, 0.29) is 11.4 Å². The second-order valence-corrected chi connectivity index (χ2v) is 5.65. The summed E-state index contributed by atoms with van der Waals surface area (Å²) in [7, 11) is 0. The number of hydrogen-bond acceptors (Lipinski definition) is 1. The molecule has 0 saturated carbocycles. The predicted octanol–water partition coefficient (Wildman–Crippen LogP) is 4.43. The molecule has 2 N–H and O–H groups in total. The Morgan fingerprint density at radius 1 is 1.35 bits per heavy atom. The highest BCUT2D eigenvalue weighted by atomic mass is 79.9. The summed E-state index contributed by atoms with van der Waals surface area (Å²) in [6.45, 7) is 4.22. The minimum Gasteiger partial charge on any atom is -0.325 e. The Hall–Kier alpha value is -0.410. The van der Waals surface area contributed by atoms with Crippen LogP contribution in [0.5, 0.6) is 0 Å². The maximum Gasteiger partial charge on any atom is 0.127 e. The van der Waals surface area contributed by atoms with E-state index in [0.717, 1.165) is 30.2 Å². The molecule has 0 saturated heterocycles. The van der Waals surface area contributed by atoms with Crippen LogP contribution in [0.1, 0.15) is 45.1 Å². The second-order valence-electron chi connectivity index (χ2n) is 4.73. The summed E-state index contributed by atoms with van der Waals surface area (Å²) in [6, 6.07) is 5.20. The Balaban J connectivity index is 2.79. The quantitative estimate of drug-likeness (QED) is 0.826. The Morgan fingerprint density at radius 3 is 2.59 bits per heavy atom. The van der Waals surface area contributed by atoms with Gasteiger partial charge in [-0.2, -0.15) is 0 Å². The molecule has 3 heteroatoms. The molecular weight excluding hydrogens is 281 g/mol. The predicted molar refractivity (Wildman–Crippen MR) is 74.5 cm³/mol. The summed E-state index contributed by atoms with van der Waals surface area (Å²) in [5.74, 6) is -0.167. The van der Waals surface area contributed by atoms with Crippen molar-refractivity contribution < 1.29 is 4.39 Å². The van der Waals surface area contributed by atoms with Gasteiger partial charge in [0.2, 0.25) is 0 Å². The highest BCUT2D eigenvalue weighted by molar-refractivity contribution is 9.10. The fraction of sp³-hybridized carbons (Fsp3) is 0.571. The van der Waals surface area contributed by atoms with Gasteiger partial charge in [-0.25, -0.2) is 4.39 Å². The molecule has 96 valence electrons. The molecule has 0 aromatic heterocycles. The fourth-order valence-corrected chi connectivity index (χ4v) is 2.30. The number of benzene rings is 1. The molecule has 1 atom stereocenters. The third-order valence-corrected chi connectivity index (χ3v) is 3.78. The van der Waals surface area contributed by atoms with Crippen molar-refractivity contribution in [3.63, 3.8) is 0 Å². The maximum absolute atomic E-state index is 13.8. The standard InChI is InChI=1S/C14H21BrFN/c1-3-5-8-14(17,4-2)10-11-6-7-12(15)9-13(11)16/h6-7,9H,3-5,8,10,17H2,1-2H3. The summed E-state index contributed by atoms with van der Waals surface area (Å²) in [6.07, 6.45) is 4.67. The van der Waals surface area contributed by atoms with Gasteiger partial charge in [-0.15, -0.1) is 0 Å². The topological polar surface area (TPSA) is 26.0 Å². The lowest BCUT2D eigenvalue weighted by Crippen LogP contribution is -2.41. The van der Waals surface area contributed by atoms with Crippen molar-refractivity contribution in [3.8, 4) is 0 Å². The summed E-state index contributed by atoms with van der Waals surface area (Å²) >= 11 is 3.26. The van der Waals surface area contributed by atoms with E-state index in [0.29, 0.717) is 12.0 Å². The average molecular weight is 302 g/mol. The molecule has 1 nitrogen and oxygen atoms in total. The highest BCUT2D eigenvalue weighted by Gasteiger charge is 2.23. The van der Waals surface area contributed by atoms with Crippen molar-refractivity contribution in [2.24, 2.45) is 5.73 Å². The molecule has 0 amide bonds. The molecule has 1 unspecified atom stereocenters. The molecule has 0 aliphatic rings. The first-order valence-corrected chi connectivity index (χ1v) is 7.03. The highest BCUT2D eigenvalue weighted by Crippen LogP contribution is 2.24. The number of nitrogens with two attached hydrogens (primary N) is 1. The van der Waals surface area contributed by atoms with Crippen LogP contribution in [0.2, 0.25) is 0 Å². The minimum absolute atomic E-state index is 0.167. The average Bonchev–Trinajstić information content (AvgIpc) is 2.30. The first-order chi connectivity index (χ1) is 8.00. The van der Waals surface area contributed by atoms with E-state index in [4.69, 9.17) is 5.73 Å².